The molecule has 0 aliphatic heterocycles. The molecule has 0 atom stereocenters. The third-order valence-corrected chi connectivity index (χ3v) is 5.89. The van der Waals surface area contributed by atoms with E-state index in [0.717, 1.165) is 9.86 Å². The quantitative estimate of drug-likeness (QED) is 0.683. The summed E-state index contributed by atoms with van der Waals surface area (Å²) in [7, 11) is 0.0962. The number of pyridine rings is 1. The molecule has 3 rings (SSSR count). The second-order valence-corrected chi connectivity index (χ2v) is 8.13. The van der Waals surface area contributed by atoms with Gasteiger partial charge in [0.15, 0.2) is 5.65 Å². The molecular formula is C16H16BrN3O2S. The summed E-state index contributed by atoms with van der Waals surface area (Å²) in [5.41, 5.74) is 1.10. The minimum Gasteiger partial charge on any atom is -0.304 e. The molecular weight excluding hydrogens is 378 g/mol. The molecule has 0 saturated carbocycles. The van der Waals surface area contributed by atoms with Crippen molar-refractivity contribution < 1.29 is 8.42 Å². The maximum atomic E-state index is 13.1. The number of aromatic nitrogens is 2. The zero-order valence-corrected chi connectivity index (χ0v) is 15.2. The lowest BCUT2D eigenvalue weighted by Gasteiger charge is -2.14. The van der Waals surface area contributed by atoms with Crippen molar-refractivity contribution >= 4 is 37.0 Å². The van der Waals surface area contributed by atoms with Crippen LogP contribution in [0.1, 0.15) is 5.69 Å². The monoisotopic (exact) mass is 393 g/mol. The minimum atomic E-state index is -3.71. The van der Waals surface area contributed by atoms with E-state index in [2.05, 4.69) is 20.9 Å². The van der Waals surface area contributed by atoms with Gasteiger partial charge in [0, 0.05) is 22.6 Å². The lowest BCUT2D eigenvalue weighted by atomic mass is 10.3. The normalized spacial score (nSPS) is 12.2. The number of nitrogens with zero attached hydrogens (tertiary/aromatic N) is 3. The first kappa shape index (κ1) is 16.2. The van der Waals surface area contributed by atoms with Crippen molar-refractivity contribution in [2.75, 3.05) is 14.1 Å². The average molecular weight is 394 g/mol. The highest BCUT2D eigenvalue weighted by molar-refractivity contribution is 9.10. The van der Waals surface area contributed by atoms with E-state index in [1.807, 2.05) is 25.1 Å². The molecule has 0 bridgehead atoms. The van der Waals surface area contributed by atoms with Gasteiger partial charge in [0.25, 0.3) is 10.0 Å². The molecule has 0 aliphatic carbocycles. The summed E-state index contributed by atoms with van der Waals surface area (Å²) in [5, 5.41) is 0.781. The van der Waals surface area contributed by atoms with Gasteiger partial charge in [-0.2, -0.15) is 0 Å². The van der Waals surface area contributed by atoms with Gasteiger partial charge in [-0.15, -0.1) is 0 Å². The standard InChI is InChI=1S/C16H16BrN3O2S/c1-19(2)11-12-10-14-15(17)8-9-18-16(14)20(12)23(21,22)13-6-4-3-5-7-13/h3-10H,11H2,1-2H3. The summed E-state index contributed by atoms with van der Waals surface area (Å²) >= 11 is 3.47. The first-order valence-electron chi connectivity index (χ1n) is 7.01. The van der Waals surface area contributed by atoms with E-state index in [0.29, 0.717) is 17.9 Å². The third kappa shape index (κ3) is 2.91. The Balaban J connectivity index is 2.33. The van der Waals surface area contributed by atoms with E-state index >= 15 is 0 Å². The fraction of sp³-hybridized carbons (Fsp3) is 0.188. The van der Waals surface area contributed by atoms with Crippen molar-refractivity contribution in [2.24, 2.45) is 0 Å². The Morgan fingerprint density at radius 3 is 2.52 bits per heavy atom. The molecule has 0 amide bonds. The predicted molar refractivity (Wildman–Crippen MR) is 93.8 cm³/mol. The molecule has 0 unspecified atom stereocenters. The summed E-state index contributed by atoms with van der Waals surface area (Å²) < 4.78 is 28.4. The third-order valence-electron chi connectivity index (χ3n) is 3.44. The summed E-state index contributed by atoms with van der Waals surface area (Å²) in [4.78, 5) is 6.48. The van der Waals surface area contributed by atoms with Crippen LogP contribution in [0.4, 0.5) is 0 Å². The van der Waals surface area contributed by atoms with Crippen molar-refractivity contribution in [2.45, 2.75) is 11.4 Å². The second kappa shape index (κ2) is 6.07. The van der Waals surface area contributed by atoms with Gasteiger partial charge >= 0.3 is 0 Å². The molecule has 23 heavy (non-hydrogen) atoms. The van der Waals surface area contributed by atoms with Crippen LogP contribution < -0.4 is 0 Å². The number of rotatable bonds is 4. The predicted octanol–water partition coefficient (Wildman–Crippen LogP) is 3.10. The first-order chi connectivity index (χ1) is 10.9. The molecule has 1 aromatic carbocycles. The van der Waals surface area contributed by atoms with Crippen molar-refractivity contribution in [1.29, 1.82) is 0 Å². The molecule has 7 heteroatoms. The Kier molecular flexibility index (Phi) is 4.27. The molecule has 120 valence electrons. The van der Waals surface area contributed by atoms with Crippen LogP contribution >= 0.6 is 15.9 Å². The number of benzene rings is 1. The molecule has 5 nitrogen and oxygen atoms in total. The molecule has 2 aromatic heterocycles. The minimum absolute atomic E-state index is 0.249. The van der Waals surface area contributed by atoms with Crippen molar-refractivity contribution in [3.63, 3.8) is 0 Å². The summed E-state index contributed by atoms with van der Waals surface area (Å²) in [6.07, 6.45) is 1.60. The highest BCUT2D eigenvalue weighted by Gasteiger charge is 2.24. The lowest BCUT2D eigenvalue weighted by Crippen LogP contribution is -2.20. The van der Waals surface area contributed by atoms with Gasteiger partial charge in [-0.3, -0.25) is 0 Å². The SMILES string of the molecule is CN(C)Cc1cc2c(Br)ccnc2n1S(=O)(=O)c1ccccc1. The molecule has 0 spiro atoms. The van der Waals surface area contributed by atoms with Gasteiger partial charge in [-0.05, 0) is 54.3 Å². The van der Waals surface area contributed by atoms with E-state index in [-0.39, 0.29) is 4.90 Å². The molecule has 2 heterocycles. The zero-order valence-electron chi connectivity index (χ0n) is 12.8. The van der Waals surface area contributed by atoms with Gasteiger partial charge in [-0.25, -0.2) is 17.4 Å². The van der Waals surface area contributed by atoms with Crippen LogP contribution in [0.25, 0.3) is 11.0 Å². The lowest BCUT2D eigenvalue weighted by molar-refractivity contribution is 0.395. The van der Waals surface area contributed by atoms with E-state index in [4.69, 9.17) is 0 Å². The zero-order chi connectivity index (χ0) is 16.6. The highest BCUT2D eigenvalue weighted by Crippen LogP contribution is 2.29. The fourth-order valence-corrected chi connectivity index (χ4v) is 4.41. The largest absolute Gasteiger partial charge is 0.304 e. The molecule has 0 saturated heterocycles. The smallest absolute Gasteiger partial charge is 0.269 e. The van der Waals surface area contributed by atoms with E-state index in [1.54, 1.807) is 42.6 Å². The number of fused-ring (bicyclic) bond motifs is 1. The number of hydrogen-bond acceptors (Lipinski definition) is 4. The topological polar surface area (TPSA) is 55.2 Å². The van der Waals surface area contributed by atoms with Gasteiger partial charge in [0.05, 0.1) is 10.6 Å². The maximum absolute atomic E-state index is 13.1. The van der Waals surface area contributed by atoms with Crippen LogP contribution in [0.15, 0.2) is 58.0 Å². The van der Waals surface area contributed by atoms with E-state index in [9.17, 15) is 8.42 Å². The van der Waals surface area contributed by atoms with Gasteiger partial charge in [-0.1, -0.05) is 18.2 Å². The first-order valence-corrected chi connectivity index (χ1v) is 9.25. The van der Waals surface area contributed by atoms with E-state index in [1.165, 1.54) is 3.97 Å². The molecule has 0 aliphatic rings. The van der Waals surface area contributed by atoms with Crippen molar-refractivity contribution in [3.05, 3.63) is 58.8 Å². The summed E-state index contributed by atoms with van der Waals surface area (Å²) in [5.74, 6) is 0. The van der Waals surface area contributed by atoms with Crippen LogP contribution in [-0.4, -0.2) is 36.4 Å². The van der Waals surface area contributed by atoms with Gasteiger partial charge in [0.1, 0.15) is 0 Å². The van der Waals surface area contributed by atoms with Crippen LogP contribution in [0.5, 0.6) is 0 Å². The van der Waals surface area contributed by atoms with Crippen molar-refractivity contribution in [1.82, 2.24) is 13.9 Å². The molecule has 0 N–H and O–H groups in total. The Hall–Kier alpha value is -1.70. The molecule has 3 aromatic rings. The molecule has 0 radical (unpaired) electrons. The Labute approximate surface area is 143 Å². The summed E-state index contributed by atoms with van der Waals surface area (Å²) in [6.45, 7) is 0.495. The van der Waals surface area contributed by atoms with Gasteiger partial charge in [0.2, 0.25) is 0 Å². The number of halogens is 1. The Bertz CT molecular complexity index is 950. The van der Waals surface area contributed by atoms with Gasteiger partial charge < -0.3 is 4.90 Å². The van der Waals surface area contributed by atoms with Crippen LogP contribution in [0, 0.1) is 0 Å². The van der Waals surface area contributed by atoms with Crippen LogP contribution in [-0.2, 0) is 16.6 Å². The van der Waals surface area contributed by atoms with Crippen LogP contribution in [0.2, 0.25) is 0 Å². The average Bonchev–Trinajstić information content (AvgIpc) is 2.87. The van der Waals surface area contributed by atoms with Crippen molar-refractivity contribution in [3.8, 4) is 0 Å². The van der Waals surface area contributed by atoms with E-state index < -0.39 is 10.0 Å². The Morgan fingerprint density at radius 1 is 1.17 bits per heavy atom. The fourth-order valence-electron chi connectivity index (χ4n) is 2.50. The Morgan fingerprint density at radius 2 is 1.87 bits per heavy atom. The number of hydrogen-bond donors (Lipinski definition) is 0. The summed E-state index contributed by atoms with van der Waals surface area (Å²) in [6, 6.07) is 12.1. The highest BCUT2D eigenvalue weighted by atomic mass is 79.9. The maximum Gasteiger partial charge on any atom is 0.269 e. The van der Waals surface area contributed by atoms with Crippen LogP contribution in [0.3, 0.4) is 0 Å². The molecule has 0 fully saturated rings. The second-order valence-electron chi connectivity index (χ2n) is 5.49.